The van der Waals surface area contributed by atoms with Crippen molar-refractivity contribution in [1.29, 1.82) is 0 Å². The van der Waals surface area contributed by atoms with Crippen molar-refractivity contribution in [2.45, 2.75) is 187 Å². The third kappa shape index (κ3) is 40.5. The zero-order valence-electron chi connectivity index (χ0n) is 32.9. The van der Waals surface area contributed by atoms with Crippen LogP contribution in [0.4, 0.5) is 0 Å². The molecule has 0 aliphatic rings. The summed E-state index contributed by atoms with van der Waals surface area (Å²) in [5.41, 5.74) is 0. The van der Waals surface area contributed by atoms with E-state index in [9.17, 15) is 14.2 Å². The van der Waals surface area contributed by atoms with E-state index in [1.807, 2.05) is 6.08 Å². The largest absolute Gasteiger partial charge is 0.469 e. The first-order chi connectivity index (χ1) is 25.3. The lowest BCUT2D eigenvalue weighted by Crippen LogP contribution is -2.29. The highest BCUT2D eigenvalue weighted by Gasteiger charge is 2.22. The Hall–Kier alpha value is -2.25. The van der Waals surface area contributed by atoms with E-state index in [-0.39, 0.29) is 19.4 Å². The molecule has 0 saturated carbocycles. The van der Waals surface area contributed by atoms with E-state index in [2.05, 4.69) is 73.1 Å². The average Bonchev–Trinajstić information content (AvgIpc) is 3.11. The number of rotatable bonds is 37. The van der Waals surface area contributed by atoms with Gasteiger partial charge in [0.25, 0.3) is 0 Å². The van der Waals surface area contributed by atoms with Crippen molar-refractivity contribution in [1.82, 2.24) is 0 Å². The predicted octanol–water partition coefficient (Wildman–Crippen LogP) is 12.5. The van der Waals surface area contributed by atoms with Crippen molar-refractivity contribution >= 4 is 19.8 Å². The number of carbonyl (C=O) groups excluding carboxylic acids is 2. The Bertz CT molecular complexity index is 1030. The van der Waals surface area contributed by atoms with Gasteiger partial charge < -0.3 is 19.3 Å². The fourth-order valence-electron chi connectivity index (χ4n) is 5.42. The molecule has 0 bridgehead atoms. The van der Waals surface area contributed by atoms with Gasteiger partial charge >= 0.3 is 19.8 Å². The topological polar surface area (TPSA) is 119 Å². The van der Waals surface area contributed by atoms with Crippen molar-refractivity contribution < 1.29 is 37.9 Å². The number of esters is 2. The first-order valence-electron chi connectivity index (χ1n) is 20.6. The van der Waals surface area contributed by atoms with Gasteiger partial charge in [-0.25, -0.2) is 4.57 Å². The normalized spacial score (nSPS) is 13.1. The quantitative estimate of drug-likeness (QED) is 0.0279. The van der Waals surface area contributed by atoms with E-state index in [1.54, 1.807) is 0 Å². The predicted molar refractivity (Wildman–Crippen MR) is 216 cm³/mol. The zero-order valence-corrected chi connectivity index (χ0v) is 33.8. The van der Waals surface area contributed by atoms with Crippen LogP contribution in [0.3, 0.4) is 0 Å². The van der Waals surface area contributed by atoms with Gasteiger partial charge in [0.1, 0.15) is 6.61 Å². The third-order valence-electron chi connectivity index (χ3n) is 8.51. The van der Waals surface area contributed by atoms with Crippen LogP contribution in [0.25, 0.3) is 0 Å². The lowest BCUT2D eigenvalue weighted by molar-refractivity contribution is -0.161. The van der Waals surface area contributed by atoms with Gasteiger partial charge in [-0.2, -0.15) is 0 Å². The van der Waals surface area contributed by atoms with Gasteiger partial charge in [0.05, 0.1) is 6.61 Å². The van der Waals surface area contributed by atoms with E-state index < -0.39 is 32.5 Å². The smallest absolute Gasteiger partial charge is 0.462 e. The molecule has 0 aliphatic heterocycles. The fraction of sp³-hybridized carbons (Fsp3) is 0.721. The van der Waals surface area contributed by atoms with Crippen molar-refractivity contribution in [2.24, 2.45) is 0 Å². The number of phosphoric ester groups is 1. The molecule has 52 heavy (non-hydrogen) atoms. The van der Waals surface area contributed by atoms with E-state index in [0.717, 1.165) is 44.9 Å². The van der Waals surface area contributed by atoms with Crippen LogP contribution in [0.5, 0.6) is 0 Å². The molecular formula is C43H75O8P. The zero-order chi connectivity index (χ0) is 38.2. The molecule has 0 saturated heterocycles. The van der Waals surface area contributed by atoms with Gasteiger partial charge in [0.2, 0.25) is 0 Å². The minimum absolute atomic E-state index is 0.133. The Morgan fingerprint density at radius 2 is 0.885 bits per heavy atom. The molecule has 2 N–H and O–H groups in total. The second-order valence-electron chi connectivity index (χ2n) is 13.6. The van der Waals surface area contributed by atoms with Crippen LogP contribution >= 0.6 is 7.82 Å². The van der Waals surface area contributed by atoms with Gasteiger partial charge in [-0.15, -0.1) is 0 Å². The molecular weight excluding hydrogens is 675 g/mol. The van der Waals surface area contributed by atoms with Crippen LogP contribution in [0, 0.1) is 0 Å². The summed E-state index contributed by atoms with van der Waals surface area (Å²) in [6, 6.07) is 0. The fourth-order valence-corrected chi connectivity index (χ4v) is 5.78. The summed E-state index contributed by atoms with van der Waals surface area (Å²) in [6.45, 7) is 3.60. The Labute approximate surface area is 317 Å². The summed E-state index contributed by atoms with van der Waals surface area (Å²) in [4.78, 5) is 42.8. The molecule has 0 amide bonds. The number of phosphoric acid groups is 1. The maximum atomic E-state index is 12.4. The minimum atomic E-state index is -4.77. The Kier molecular flexibility index (Phi) is 36.8. The summed E-state index contributed by atoms with van der Waals surface area (Å²) in [7, 11) is -4.77. The molecule has 0 spiro atoms. The maximum Gasteiger partial charge on any atom is 0.469 e. The number of hydrogen-bond donors (Lipinski definition) is 2. The SMILES string of the molecule is CCCCC/C=C/C/C=C/C/C=C/C/C=C/CCCC(=O)O[C@H](COC(=O)CCCCCCCCC/C=C/CCCCCCCC)COP(=O)(O)O. The molecule has 0 aromatic rings. The van der Waals surface area contributed by atoms with Crippen molar-refractivity contribution in [3.63, 3.8) is 0 Å². The molecule has 0 rings (SSSR count). The first kappa shape index (κ1) is 49.8. The number of unbranched alkanes of at least 4 members (excludes halogenated alkanes) is 17. The lowest BCUT2D eigenvalue weighted by Gasteiger charge is -2.18. The molecule has 0 radical (unpaired) electrons. The summed E-state index contributed by atoms with van der Waals surface area (Å²) < 4.78 is 26.3. The third-order valence-corrected chi connectivity index (χ3v) is 8.99. The number of carbonyl (C=O) groups is 2. The van der Waals surface area contributed by atoms with Crippen LogP contribution in [-0.4, -0.2) is 41.0 Å². The highest BCUT2D eigenvalue weighted by molar-refractivity contribution is 7.46. The summed E-state index contributed by atoms with van der Waals surface area (Å²) in [6.07, 6.45) is 48.0. The van der Waals surface area contributed by atoms with Gasteiger partial charge in [-0.3, -0.25) is 14.1 Å². The van der Waals surface area contributed by atoms with Crippen molar-refractivity contribution in [3.8, 4) is 0 Å². The van der Waals surface area contributed by atoms with Crippen molar-refractivity contribution in [2.75, 3.05) is 13.2 Å². The Morgan fingerprint density at radius 1 is 0.500 bits per heavy atom. The molecule has 0 unspecified atom stereocenters. The van der Waals surface area contributed by atoms with E-state index in [1.165, 1.54) is 89.9 Å². The molecule has 9 heteroatoms. The maximum absolute atomic E-state index is 12.4. The number of hydrogen-bond acceptors (Lipinski definition) is 6. The Morgan fingerprint density at radius 3 is 1.40 bits per heavy atom. The van der Waals surface area contributed by atoms with Crippen LogP contribution in [0.1, 0.15) is 181 Å². The average molecular weight is 751 g/mol. The molecule has 0 fully saturated rings. The van der Waals surface area contributed by atoms with Crippen LogP contribution in [0.2, 0.25) is 0 Å². The highest BCUT2D eigenvalue weighted by Crippen LogP contribution is 2.36. The van der Waals surface area contributed by atoms with Crippen molar-refractivity contribution in [3.05, 3.63) is 60.8 Å². The van der Waals surface area contributed by atoms with Gasteiger partial charge in [-0.1, -0.05) is 152 Å². The van der Waals surface area contributed by atoms with E-state index >= 15 is 0 Å². The molecule has 1 atom stereocenters. The van der Waals surface area contributed by atoms with Gasteiger partial charge in [-0.05, 0) is 77.0 Å². The second kappa shape index (κ2) is 38.5. The van der Waals surface area contributed by atoms with Gasteiger partial charge in [0, 0.05) is 12.8 Å². The number of ether oxygens (including phenoxy) is 2. The molecule has 0 aromatic carbocycles. The van der Waals surface area contributed by atoms with Gasteiger partial charge in [0.15, 0.2) is 6.10 Å². The summed E-state index contributed by atoms with van der Waals surface area (Å²) in [5, 5.41) is 0. The minimum Gasteiger partial charge on any atom is -0.462 e. The summed E-state index contributed by atoms with van der Waals surface area (Å²) >= 11 is 0. The summed E-state index contributed by atoms with van der Waals surface area (Å²) in [5.74, 6) is -0.957. The van der Waals surface area contributed by atoms with Crippen LogP contribution in [0.15, 0.2) is 60.8 Å². The first-order valence-corrected chi connectivity index (χ1v) is 22.1. The molecule has 0 aliphatic carbocycles. The standard InChI is InChI=1S/C43H75O8P/c1-3-5-7-9-11-13-15-17-19-21-23-25-27-29-31-33-35-37-42(44)49-39-41(40-50-52(46,47)48)51-43(45)38-36-34-32-30-28-26-24-22-20-18-16-14-12-10-8-6-4-2/h12,14,17-20,24,26,30,32,41H,3-11,13,15-16,21-23,25,27-29,31,33-40H2,1-2H3,(H2,46,47,48)/b14-12+,19-17+,20-18+,26-24+,32-30+/t41-/m1/s1. The molecule has 0 aromatic heterocycles. The second-order valence-corrected chi connectivity index (χ2v) is 14.8. The molecule has 8 nitrogen and oxygen atoms in total. The number of allylic oxidation sites excluding steroid dienone is 10. The van der Waals surface area contributed by atoms with E-state index in [0.29, 0.717) is 19.3 Å². The van der Waals surface area contributed by atoms with Crippen LogP contribution in [-0.2, 0) is 28.2 Å². The highest BCUT2D eigenvalue weighted by atomic mass is 31.2. The Balaban J connectivity index is 4.04. The van der Waals surface area contributed by atoms with Crippen LogP contribution < -0.4 is 0 Å². The molecule has 300 valence electrons. The monoisotopic (exact) mass is 751 g/mol. The lowest BCUT2D eigenvalue weighted by atomic mass is 10.1. The van der Waals surface area contributed by atoms with E-state index in [4.69, 9.17) is 19.3 Å². The molecule has 0 heterocycles.